The minimum absolute atomic E-state index is 0.177. The van der Waals surface area contributed by atoms with Crippen LogP contribution in [-0.4, -0.2) is 32.7 Å². The van der Waals surface area contributed by atoms with Crippen LogP contribution in [-0.2, 0) is 17.7 Å². The van der Waals surface area contributed by atoms with Gasteiger partial charge in [-0.3, -0.25) is 0 Å². The lowest BCUT2D eigenvalue weighted by Gasteiger charge is -2.47. The van der Waals surface area contributed by atoms with Gasteiger partial charge in [0.15, 0.2) is 0 Å². The van der Waals surface area contributed by atoms with Gasteiger partial charge in [-0.1, -0.05) is 20.8 Å². The largest absolute Gasteiger partial charge is 0.465 e. The van der Waals surface area contributed by atoms with Gasteiger partial charge in [-0.2, -0.15) is 0 Å². The first kappa shape index (κ1) is 14.9. The summed E-state index contributed by atoms with van der Waals surface area (Å²) in [5.74, 6) is 0.517. The summed E-state index contributed by atoms with van der Waals surface area (Å²) >= 11 is 1.76. The Morgan fingerprint density at radius 2 is 2.10 bits per heavy atom. The molecule has 0 aliphatic carbocycles. The maximum atomic E-state index is 12.2. The van der Waals surface area contributed by atoms with Crippen LogP contribution in [0.25, 0.3) is 0 Å². The zero-order valence-corrected chi connectivity index (χ0v) is 14.1. The quantitative estimate of drug-likeness (QED) is 0.853. The molecular weight excluding hydrogens is 284 g/mol. The van der Waals surface area contributed by atoms with Gasteiger partial charge in [0.25, 0.3) is 0 Å². The van der Waals surface area contributed by atoms with Crippen LogP contribution in [0, 0.1) is 11.3 Å². The van der Waals surface area contributed by atoms with E-state index in [1.165, 1.54) is 17.6 Å². The van der Waals surface area contributed by atoms with Crippen molar-refractivity contribution in [2.45, 2.75) is 33.7 Å². The standard InChI is InChI=1S/C16H24N2O2S/c1-16(2,3)10-8-18(9-10)14-13(15(19)20-4)11-5-6-17-7-12(11)21-14/h10,17H,5-9H2,1-4H3. The molecule has 3 heterocycles. The number of hydrogen-bond donors (Lipinski definition) is 1. The van der Waals surface area contributed by atoms with E-state index in [1.807, 2.05) is 0 Å². The molecule has 1 aromatic heterocycles. The molecule has 0 saturated carbocycles. The zero-order chi connectivity index (χ0) is 15.2. The van der Waals surface area contributed by atoms with Crippen molar-refractivity contribution in [3.8, 4) is 0 Å². The van der Waals surface area contributed by atoms with Gasteiger partial charge in [0.05, 0.1) is 12.7 Å². The van der Waals surface area contributed by atoms with E-state index in [4.69, 9.17) is 4.74 Å². The minimum atomic E-state index is -0.177. The highest BCUT2D eigenvalue weighted by Gasteiger charge is 2.39. The van der Waals surface area contributed by atoms with Gasteiger partial charge in [0.1, 0.15) is 5.00 Å². The Morgan fingerprint density at radius 1 is 1.38 bits per heavy atom. The predicted octanol–water partition coefficient (Wildman–Crippen LogP) is 2.66. The topological polar surface area (TPSA) is 41.6 Å². The lowest BCUT2D eigenvalue weighted by atomic mass is 9.76. The number of esters is 1. The molecule has 0 amide bonds. The summed E-state index contributed by atoms with van der Waals surface area (Å²) in [6.07, 6.45) is 0.923. The molecule has 1 saturated heterocycles. The number of nitrogens with one attached hydrogen (secondary N) is 1. The van der Waals surface area contributed by atoms with Crippen LogP contribution in [0.1, 0.15) is 41.6 Å². The number of carbonyl (C=O) groups excluding carboxylic acids is 1. The van der Waals surface area contributed by atoms with Crippen LogP contribution in [0.4, 0.5) is 5.00 Å². The van der Waals surface area contributed by atoms with E-state index in [-0.39, 0.29) is 5.97 Å². The van der Waals surface area contributed by atoms with Crippen molar-refractivity contribution < 1.29 is 9.53 Å². The van der Waals surface area contributed by atoms with Gasteiger partial charge in [-0.15, -0.1) is 11.3 Å². The third-order valence-corrected chi connectivity index (χ3v) is 5.99. The maximum absolute atomic E-state index is 12.2. The average molecular weight is 308 g/mol. The van der Waals surface area contributed by atoms with Gasteiger partial charge in [0.2, 0.25) is 0 Å². The predicted molar refractivity (Wildman–Crippen MR) is 86.2 cm³/mol. The molecule has 0 spiro atoms. The van der Waals surface area contributed by atoms with Crippen molar-refractivity contribution in [1.82, 2.24) is 5.32 Å². The Morgan fingerprint density at radius 3 is 2.71 bits per heavy atom. The molecule has 0 atom stereocenters. The lowest BCUT2D eigenvalue weighted by Crippen LogP contribution is -2.52. The van der Waals surface area contributed by atoms with Crippen molar-refractivity contribution in [2.24, 2.45) is 11.3 Å². The molecule has 3 rings (SSSR count). The number of anilines is 1. The van der Waals surface area contributed by atoms with E-state index in [1.54, 1.807) is 11.3 Å². The van der Waals surface area contributed by atoms with Crippen LogP contribution < -0.4 is 10.2 Å². The summed E-state index contributed by atoms with van der Waals surface area (Å²) in [5, 5.41) is 4.51. The number of methoxy groups -OCH3 is 1. The summed E-state index contributed by atoms with van der Waals surface area (Å²) in [6.45, 7) is 10.8. The minimum Gasteiger partial charge on any atom is -0.465 e. The number of fused-ring (bicyclic) bond motifs is 1. The molecule has 21 heavy (non-hydrogen) atoms. The molecule has 0 aromatic carbocycles. The van der Waals surface area contributed by atoms with Gasteiger partial charge in [0, 0.05) is 24.5 Å². The number of nitrogens with zero attached hydrogens (tertiary/aromatic N) is 1. The highest BCUT2D eigenvalue weighted by molar-refractivity contribution is 7.16. The average Bonchev–Trinajstić information content (AvgIpc) is 2.73. The molecule has 1 aromatic rings. The number of ether oxygens (including phenoxy) is 1. The molecule has 0 radical (unpaired) electrons. The van der Waals surface area contributed by atoms with Crippen LogP contribution in [0.2, 0.25) is 0 Å². The van der Waals surface area contributed by atoms with E-state index in [9.17, 15) is 4.79 Å². The zero-order valence-electron chi connectivity index (χ0n) is 13.3. The van der Waals surface area contributed by atoms with Gasteiger partial charge in [-0.25, -0.2) is 4.79 Å². The number of carbonyl (C=O) groups is 1. The molecule has 2 aliphatic heterocycles. The van der Waals surface area contributed by atoms with Crippen LogP contribution in [0.3, 0.4) is 0 Å². The number of hydrogen-bond acceptors (Lipinski definition) is 5. The summed E-state index contributed by atoms with van der Waals surface area (Å²) in [5.41, 5.74) is 2.37. The van der Waals surface area contributed by atoms with Crippen molar-refractivity contribution >= 4 is 22.3 Å². The number of rotatable bonds is 2. The van der Waals surface area contributed by atoms with E-state index in [0.717, 1.165) is 43.2 Å². The van der Waals surface area contributed by atoms with Gasteiger partial charge >= 0.3 is 5.97 Å². The summed E-state index contributed by atoms with van der Waals surface area (Å²) in [6, 6.07) is 0. The third kappa shape index (κ3) is 2.57. The van der Waals surface area contributed by atoms with E-state index in [2.05, 4.69) is 31.0 Å². The smallest absolute Gasteiger partial charge is 0.341 e. The molecule has 4 nitrogen and oxygen atoms in total. The first-order valence-electron chi connectivity index (χ1n) is 7.60. The van der Waals surface area contributed by atoms with Gasteiger partial charge in [-0.05, 0) is 29.9 Å². The first-order chi connectivity index (χ1) is 9.91. The monoisotopic (exact) mass is 308 g/mol. The molecular formula is C16H24N2O2S. The highest BCUT2D eigenvalue weighted by Crippen LogP contribution is 2.44. The molecule has 1 N–H and O–H groups in total. The molecule has 2 aliphatic rings. The molecule has 116 valence electrons. The molecule has 0 bridgehead atoms. The van der Waals surface area contributed by atoms with Crippen molar-refractivity contribution in [3.63, 3.8) is 0 Å². The van der Waals surface area contributed by atoms with Crippen LogP contribution in [0.15, 0.2) is 0 Å². The van der Waals surface area contributed by atoms with Crippen LogP contribution in [0.5, 0.6) is 0 Å². The normalized spacial score (nSPS) is 19.1. The van der Waals surface area contributed by atoms with Crippen molar-refractivity contribution in [3.05, 3.63) is 16.0 Å². The second-order valence-electron chi connectivity index (χ2n) is 7.07. The summed E-state index contributed by atoms with van der Waals surface area (Å²) < 4.78 is 5.03. The third-order valence-electron chi connectivity index (χ3n) is 4.69. The van der Waals surface area contributed by atoms with E-state index >= 15 is 0 Å². The Balaban J connectivity index is 1.89. The second kappa shape index (κ2) is 5.29. The lowest BCUT2D eigenvalue weighted by molar-refractivity contribution is 0.0600. The molecule has 5 heteroatoms. The molecule has 1 fully saturated rings. The fourth-order valence-corrected chi connectivity index (χ4v) is 4.37. The SMILES string of the molecule is COC(=O)c1c(N2CC(C(C)(C)C)C2)sc2c1CCNC2. The van der Waals surface area contributed by atoms with E-state index < -0.39 is 0 Å². The number of thiophene rings is 1. The Labute approximate surface area is 130 Å². The maximum Gasteiger partial charge on any atom is 0.341 e. The van der Waals surface area contributed by atoms with Crippen molar-refractivity contribution in [1.29, 1.82) is 0 Å². The summed E-state index contributed by atoms with van der Waals surface area (Å²) in [4.78, 5) is 15.9. The highest BCUT2D eigenvalue weighted by atomic mass is 32.1. The van der Waals surface area contributed by atoms with Crippen molar-refractivity contribution in [2.75, 3.05) is 31.6 Å². The van der Waals surface area contributed by atoms with Crippen LogP contribution >= 0.6 is 11.3 Å². The van der Waals surface area contributed by atoms with Gasteiger partial charge < -0.3 is 15.0 Å². The summed E-state index contributed by atoms with van der Waals surface area (Å²) in [7, 11) is 1.48. The van der Waals surface area contributed by atoms with E-state index in [0.29, 0.717) is 11.3 Å². The Hall–Kier alpha value is -1.07. The second-order valence-corrected chi connectivity index (χ2v) is 8.15. The Kier molecular flexibility index (Phi) is 3.74. The first-order valence-corrected chi connectivity index (χ1v) is 8.42. The fourth-order valence-electron chi connectivity index (χ4n) is 3.05. The molecule has 0 unspecified atom stereocenters. The Bertz CT molecular complexity index is 553. The fraction of sp³-hybridized carbons (Fsp3) is 0.688.